The minimum atomic E-state index is -1.02. The van der Waals surface area contributed by atoms with Crippen LogP contribution in [0.25, 0.3) is 0 Å². The summed E-state index contributed by atoms with van der Waals surface area (Å²) in [7, 11) is 0. The van der Waals surface area contributed by atoms with Gasteiger partial charge in [0.05, 0.1) is 6.04 Å². The molecule has 0 spiro atoms. The normalized spacial score (nSPS) is 35.5. The van der Waals surface area contributed by atoms with E-state index in [4.69, 9.17) is 0 Å². The van der Waals surface area contributed by atoms with Gasteiger partial charge in [0.25, 0.3) is 0 Å². The number of carboxylic acids is 1. The molecule has 1 saturated heterocycles. The van der Waals surface area contributed by atoms with E-state index in [0.717, 1.165) is 32.2 Å². The van der Waals surface area contributed by atoms with E-state index >= 15 is 0 Å². The summed E-state index contributed by atoms with van der Waals surface area (Å²) >= 11 is 0. The highest BCUT2D eigenvalue weighted by molar-refractivity contribution is 5.90. The van der Waals surface area contributed by atoms with Crippen molar-refractivity contribution >= 4 is 11.9 Å². The Kier molecular flexibility index (Phi) is 3.71. The van der Waals surface area contributed by atoms with Crippen molar-refractivity contribution in [3.63, 3.8) is 0 Å². The van der Waals surface area contributed by atoms with Crippen molar-refractivity contribution in [3.05, 3.63) is 0 Å². The van der Waals surface area contributed by atoms with Gasteiger partial charge in [-0.3, -0.25) is 4.79 Å². The quantitative estimate of drug-likeness (QED) is 0.727. The first-order valence-corrected chi connectivity index (χ1v) is 7.91. The number of aliphatic carboxylic acids is 1. The zero-order chi connectivity index (χ0) is 14.2. The molecule has 1 amide bonds. The zero-order valence-corrected chi connectivity index (χ0v) is 11.9. The number of amides is 1. The van der Waals surface area contributed by atoms with Crippen LogP contribution in [0.4, 0.5) is 0 Å². The van der Waals surface area contributed by atoms with Crippen LogP contribution in [0.15, 0.2) is 0 Å². The van der Waals surface area contributed by atoms with E-state index < -0.39 is 11.5 Å². The summed E-state index contributed by atoms with van der Waals surface area (Å²) in [6.45, 7) is 0.906. The van der Waals surface area contributed by atoms with Crippen molar-refractivity contribution < 1.29 is 14.7 Å². The standard InChI is InChI=1S/C15H24N2O3/c18-13(12-11-6-4-5-10(11)9-16-12)17-15(14(19)20)7-2-1-3-8-15/h10-12,16H,1-9H2,(H,17,18)(H,19,20). The lowest BCUT2D eigenvalue weighted by molar-refractivity contribution is -0.149. The van der Waals surface area contributed by atoms with Crippen LogP contribution in [0.3, 0.4) is 0 Å². The Morgan fingerprint density at radius 3 is 2.55 bits per heavy atom. The third-order valence-electron chi connectivity index (χ3n) is 5.51. The van der Waals surface area contributed by atoms with Gasteiger partial charge in [-0.1, -0.05) is 25.7 Å². The molecule has 3 N–H and O–H groups in total. The van der Waals surface area contributed by atoms with Crippen molar-refractivity contribution in [2.45, 2.75) is 62.9 Å². The van der Waals surface area contributed by atoms with E-state index in [9.17, 15) is 14.7 Å². The summed E-state index contributed by atoms with van der Waals surface area (Å²) in [5.41, 5.74) is -1.02. The molecular weight excluding hydrogens is 256 g/mol. The summed E-state index contributed by atoms with van der Waals surface area (Å²) < 4.78 is 0. The second-order valence-corrected chi connectivity index (χ2v) is 6.68. The third kappa shape index (κ3) is 2.32. The molecule has 0 aromatic heterocycles. The van der Waals surface area contributed by atoms with Crippen LogP contribution in [-0.4, -0.2) is 35.1 Å². The Bertz CT molecular complexity index is 404. The number of hydrogen-bond acceptors (Lipinski definition) is 3. The molecule has 3 unspecified atom stereocenters. The van der Waals surface area contributed by atoms with Gasteiger partial charge < -0.3 is 15.7 Å². The number of hydrogen-bond donors (Lipinski definition) is 3. The first-order chi connectivity index (χ1) is 9.62. The smallest absolute Gasteiger partial charge is 0.329 e. The van der Waals surface area contributed by atoms with E-state index in [-0.39, 0.29) is 11.9 Å². The van der Waals surface area contributed by atoms with E-state index in [1.807, 2.05) is 0 Å². The van der Waals surface area contributed by atoms with Crippen molar-refractivity contribution in [2.24, 2.45) is 11.8 Å². The van der Waals surface area contributed by atoms with Gasteiger partial charge in [0, 0.05) is 0 Å². The lowest BCUT2D eigenvalue weighted by Crippen LogP contribution is -2.59. The number of fused-ring (bicyclic) bond motifs is 1. The number of nitrogens with one attached hydrogen (secondary N) is 2. The summed E-state index contributed by atoms with van der Waals surface area (Å²) in [5.74, 6) is 0.0533. The number of carbonyl (C=O) groups excluding carboxylic acids is 1. The molecule has 1 heterocycles. The van der Waals surface area contributed by atoms with Gasteiger partial charge in [-0.2, -0.15) is 0 Å². The van der Waals surface area contributed by atoms with Crippen molar-refractivity contribution in [1.82, 2.24) is 10.6 Å². The number of carbonyl (C=O) groups is 2. The second-order valence-electron chi connectivity index (χ2n) is 6.68. The molecule has 5 nitrogen and oxygen atoms in total. The van der Waals surface area contributed by atoms with Crippen LogP contribution in [0.5, 0.6) is 0 Å². The molecule has 1 aliphatic heterocycles. The molecule has 3 aliphatic rings. The largest absolute Gasteiger partial charge is 0.480 e. The van der Waals surface area contributed by atoms with Gasteiger partial charge in [0.2, 0.25) is 5.91 Å². The summed E-state index contributed by atoms with van der Waals surface area (Å²) in [6.07, 6.45) is 7.46. The van der Waals surface area contributed by atoms with Crippen LogP contribution in [-0.2, 0) is 9.59 Å². The van der Waals surface area contributed by atoms with Crippen molar-refractivity contribution in [2.75, 3.05) is 6.54 Å². The molecule has 20 heavy (non-hydrogen) atoms. The molecule has 3 fully saturated rings. The fourth-order valence-electron chi connectivity index (χ4n) is 4.34. The predicted octanol–water partition coefficient (Wildman–Crippen LogP) is 1.28. The highest BCUT2D eigenvalue weighted by Gasteiger charge is 2.47. The molecule has 0 aromatic carbocycles. The number of rotatable bonds is 3. The highest BCUT2D eigenvalue weighted by atomic mass is 16.4. The van der Waals surface area contributed by atoms with E-state index in [2.05, 4.69) is 10.6 Å². The maximum Gasteiger partial charge on any atom is 0.329 e. The maximum atomic E-state index is 12.5. The summed E-state index contributed by atoms with van der Waals surface area (Å²) in [6, 6.07) is -0.180. The zero-order valence-electron chi connectivity index (χ0n) is 11.9. The van der Waals surface area contributed by atoms with E-state index in [1.54, 1.807) is 0 Å². The van der Waals surface area contributed by atoms with E-state index in [0.29, 0.717) is 24.7 Å². The molecule has 0 aromatic rings. The maximum absolute atomic E-state index is 12.5. The molecule has 112 valence electrons. The monoisotopic (exact) mass is 280 g/mol. The molecule has 2 aliphatic carbocycles. The Hall–Kier alpha value is -1.10. The van der Waals surface area contributed by atoms with Gasteiger partial charge in [0.1, 0.15) is 5.54 Å². The van der Waals surface area contributed by atoms with Gasteiger partial charge >= 0.3 is 5.97 Å². The molecular formula is C15H24N2O3. The van der Waals surface area contributed by atoms with Gasteiger partial charge in [-0.25, -0.2) is 4.79 Å². The lowest BCUT2D eigenvalue weighted by atomic mass is 9.81. The Labute approximate surface area is 119 Å². The van der Waals surface area contributed by atoms with Gasteiger partial charge in [-0.15, -0.1) is 0 Å². The predicted molar refractivity (Wildman–Crippen MR) is 74.2 cm³/mol. The second kappa shape index (κ2) is 5.35. The van der Waals surface area contributed by atoms with Crippen LogP contribution < -0.4 is 10.6 Å². The first kappa shape index (κ1) is 13.9. The minimum Gasteiger partial charge on any atom is -0.480 e. The molecule has 3 rings (SSSR count). The molecule has 3 atom stereocenters. The van der Waals surface area contributed by atoms with E-state index in [1.165, 1.54) is 12.8 Å². The molecule has 5 heteroatoms. The SMILES string of the molecule is O=C(NC1(C(=O)O)CCCCC1)C1NCC2CCCC21. The Balaban J connectivity index is 1.69. The summed E-state index contributed by atoms with van der Waals surface area (Å²) in [5, 5.41) is 15.7. The Morgan fingerprint density at radius 2 is 1.85 bits per heavy atom. The first-order valence-electron chi connectivity index (χ1n) is 7.91. The fourth-order valence-corrected chi connectivity index (χ4v) is 4.34. The average Bonchev–Trinajstić information content (AvgIpc) is 3.01. The van der Waals surface area contributed by atoms with Crippen LogP contribution >= 0.6 is 0 Å². The van der Waals surface area contributed by atoms with Crippen LogP contribution in [0.1, 0.15) is 51.4 Å². The lowest BCUT2D eigenvalue weighted by Gasteiger charge is -2.35. The molecule has 2 saturated carbocycles. The summed E-state index contributed by atoms with van der Waals surface area (Å²) in [4.78, 5) is 24.1. The van der Waals surface area contributed by atoms with Gasteiger partial charge in [0.15, 0.2) is 0 Å². The van der Waals surface area contributed by atoms with Gasteiger partial charge in [-0.05, 0) is 44.1 Å². The minimum absolute atomic E-state index is 0.0938. The molecule has 0 bridgehead atoms. The van der Waals surface area contributed by atoms with Crippen LogP contribution in [0.2, 0.25) is 0 Å². The number of carboxylic acid groups (broad SMARTS) is 1. The molecule has 0 radical (unpaired) electrons. The van der Waals surface area contributed by atoms with Crippen molar-refractivity contribution in [3.8, 4) is 0 Å². The third-order valence-corrected chi connectivity index (χ3v) is 5.51. The topological polar surface area (TPSA) is 78.4 Å². The fraction of sp³-hybridized carbons (Fsp3) is 0.867. The van der Waals surface area contributed by atoms with Crippen molar-refractivity contribution in [1.29, 1.82) is 0 Å². The Morgan fingerprint density at radius 1 is 1.10 bits per heavy atom. The van der Waals surface area contributed by atoms with Crippen LogP contribution in [0, 0.1) is 11.8 Å². The average molecular weight is 280 g/mol. The highest BCUT2D eigenvalue weighted by Crippen LogP contribution is 2.38.